The van der Waals surface area contributed by atoms with E-state index in [0.29, 0.717) is 12.4 Å². The Morgan fingerprint density at radius 2 is 2.27 bits per heavy atom. The lowest BCUT2D eigenvalue weighted by Crippen LogP contribution is -2.44. The van der Waals surface area contributed by atoms with Gasteiger partial charge < -0.3 is 14.7 Å². The van der Waals surface area contributed by atoms with Crippen LogP contribution in [0.5, 0.6) is 0 Å². The Hall–Kier alpha value is -2.44. The minimum Gasteiger partial charge on any atom is -0.373 e. The van der Waals surface area contributed by atoms with Crippen LogP contribution in [0.25, 0.3) is 0 Å². The molecule has 0 bridgehead atoms. The highest BCUT2D eigenvalue weighted by atomic mass is 16.5. The Labute approximate surface area is 128 Å². The molecule has 0 saturated carbocycles. The van der Waals surface area contributed by atoms with Crippen LogP contribution in [0, 0.1) is 6.92 Å². The molecule has 116 valence electrons. The highest BCUT2D eigenvalue weighted by Crippen LogP contribution is 2.38. The Kier molecular flexibility index (Phi) is 3.56. The van der Waals surface area contributed by atoms with Gasteiger partial charge in [0.25, 0.3) is 5.91 Å². The summed E-state index contributed by atoms with van der Waals surface area (Å²) in [7, 11) is 1.82. The van der Waals surface area contributed by atoms with Crippen LogP contribution in [-0.2, 0) is 5.54 Å². The third-order valence-electron chi connectivity index (χ3n) is 4.13. The van der Waals surface area contributed by atoms with E-state index in [4.69, 9.17) is 4.52 Å². The molecular weight excluding hydrogens is 282 g/mol. The average molecular weight is 301 g/mol. The van der Waals surface area contributed by atoms with Crippen LogP contribution in [0.4, 0.5) is 5.82 Å². The number of nitrogens with zero attached hydrogens (tertiary/aromatic N) is 4. The van der Waals surface area contributed by atoms with Crippen LogP contribution < -0.4 is 5.32 Å². The lowest BCUT2D eigenvalue weighted by molar-refractivity contribution is 0.0561. The smallest absolute Gasteiger partial charge is 0.293 e. The van der Waals surface area contributed by atoms with Crippen molar-refractivity contribution in [3.63, 3.8) is 0 Å². The Bertz CT molecular complexity index is 685. The van der Waals surface area contributed by atoms with Gasteiger partial charge in [0, 0.05) is 31.4 Å². The zero-order valence-electron chi connectivity index (χ0n) is 13.0. The molecule has 0 aliphatic carbocycles. The number of amides is 1. The van der Waals surface area contributed by atoms with Crippen LogP contribution in [0.2, 0.25) is 0 Å². The summed E-state index contributed by atoms with van der Waals surface area (Å²) in [5, 5.41) is 6.65. The van der Waals surface area contributed by atoms with E-state index in [-0.39, 0.29) is 11.7 Å². The fourth-order valence-corrected chi connectivity index (χ4v) is 2.92. The number of carbonyl (C=O) groups excluding carboxylic acids is 1. The van der Waals surface area contributed by atoms with Gasteiger partial charge in [-0.3, -0.25) is 4.79 Å². The maximum Gasteiger partial charge on any atom is 0.293 e. The number of hydrogen-bond donors (Lipinski definition) is 1. The number of likely N-dealkylation sites (tertiary alicyclic amines) is 1. The van der Waals surface area contributed by atoms with Crippen molar-refractivity contribution >= 4 is 11.7 Å². The predicted molar refractivity (Wildman–Crippen MR) is 80.4 cm³/mol. The van der Waals surface area contributed by atoms with Gasteiger partial charge in [-0.05, 0) is 26.7 Å². The molecule has 2 aromatic rings. The molecule has 0 radical (unpaired) electrons. The topological polar surface area (TPSA) is 84.2 Å². The first-order valence-corrected chi connectivity index (χ1v) is 7.31. The van der Waals surface area contributed by atoms with Crippen molar-refractivity contribution in [2.45, 2.75) is 32.2 Å². The van der Waals surface area contributed by atoms with Gasteiger partial charge in [-0.15, -0.1) is 0 Å². The van der Waals surface area contributed by atoms with Gasteiger partial charge in [-0.25, -0.2) is 9.97 Å². The molecule has 1 aliphatic heterocycles. The summed E-state index contributed by atoms with van der Waals surface area (Å²) in [5.74, 6) is 1.48. The van der Waals surface area contributed by atoms with Gasteiger partial charge in [-0.2, -0.15) is 0 Å². The zero-order chi connectivity index (χ0) is 15.7. The maximum absolute atomic E-state index is 12.7. The molecule has 1 saturated heterocycles. The van der Waals surface area contributed by atoms with Crippen LogP contribution in [-0.4, -0.2) is 39.5 Å². The predicted octanol–water partition coefficient (Wildman–Crippen LogP) is 1.97. The SMILES string of the molecule is CNc1cc(C)nc([C@]2(C)CCCN2C(=O)c2ccno2)n1. The van der Waals surface area contributed by atoms with Crippen LogP contribution in [0.15, 0.2) is 22.9 Å². The molecule has 7 nitrogen and oxygen atoms in total. The third kappa shape index (κ3) is 2.32. The first-order chi connectivity index (χ1) is 10.5. The van der Waals surface area contributed by atoms with Gasteiger partial charge in [-0.1, -0.05) is 5.16 Å². The van der Waals surface area contributed by atoms with Crippen LogP contribution >= 0.6 is 0 Å². The number of hydrogen-bond acceptors (Lipinski definition) is 6. The first-order valence-electron chi connectivity index (χ1n) is 7.31. The molecule has 22 heavy (non-hydrogen) atoms. The highest BCUT2D eigenvalue weighted by molar-refractivity contribution is 5.92. The van der Waals surface area contributed by atoms with Gasteiger partial charge in [0.2, 0.25) is 5.76 Å². The number of rotatable bonds is 3. The Morgan fingerprint density at radius 1 is 1.45 bits per heavy atom. The summed E-state index contributed by atoms with van der Waals surface area (Å²) < 4.78 is 5.01. The van der Waals surface area contributed by atoms with Gasteiger partial charge >= 0.3 is 0 Å². The summed E-state index contributed by atoms with van der Waals surface area (Å²) >= 11 is 0. The molecule has 7 heteroatoms. The zero-order valence-corrected chi connectivity index (χ0v) is 13.0. The number of anilines is 1. The minimum absolute atomic E-state index is 0.173. The first kappa shape index (κ1) is 14.5. The largest absolute Gasteiger partial charge is 0.373 e. The second-order valence-electron chi connectivity index (χ2n) is 5.68. The maximum atomic E-state index is 12.7. The average Bonchev–Trinajstić information content (AvgIpc) is 3.16. The normalized spacial score (nSPS) is 21.1. The summed E-state index contributed by atoms with van der Waals surface area (Å²) in [6, 6.07) is 3.46. The van der Waals surface area contributed by atoms with Crippen molar-refractivity contribution < 1.29 is 9.32 Å². The fraction of sp³-hybridized carbons (Fsp3) is 0.467. The fourth-order valence-electron chi connectivity index (χ4n) is 2.92. The summed E-state index contributed by atoms with van der Waals surface area (Å²) in [4.78, 5) is 23.6. The Balaban J connectivity index is 2.00. The second kappa shape index (κ2) is 5.40. The molecule has 0 aromatic carbocycles. The summed E-state index contributed by atoms with van der Waals surface area (Å²) in [6.07, 6.45) is 3.20. The van der Waals surface area contributed by atoms with Crippen molar-refractivity contribution in [2.75, 3.05) is 18.9 Å². The Morgan fingerprint density at radius 3 is 2.95 bits per heavy atom. The minimum atomic E-state index is -0.540. The number of aromatic nitrogens is 3. The van der Waals surface area contributed by atoms with Crippen molar-refractivity contribution in [1.29, 1.82) is 0 Å². The molecule has 1 N–H and O–H groups in total. The van der Waals surface area contributed by atoms with Crippen molar-refractivity contribution in [3.8, 4) is 0 Å². The monoisotopic (exact) mass is 301 g/mol. The molecular formula is C15H19N5O2. The molecule has 0 unspecified atom stereocenters. The van der Waals surface area contributed by atoms with E-state index in [2.05, 4.69) is 20.4 Å². The van der Waals surface area contributed by atoms with E-state index in [9.17, 15) is 4.79 Å². The number of nitrogens with one attached hydrogen (secondary N) is 1. The van der Waals surface area contributed by atoms with E-state index in [1.54, 1.807) is 11.0 Å². The second-order valence-corrected chi connectivity index (χ2v) is 5.68. The standard InChI is InChI=1S/C15H19N5O2/c1-10-9-12(16-3)19-14(18-10)15(2)6-4-8-20(15)13(21)11-5-7-17-22-11/h5,7,9H,4,6,8H2,1-3H3,(H,16,18,19)/t15-/m0/s1. The highest BCUT2D eigenvalue weighted by Gasteiger charge is 2.44. The molecule has 0 spiro atoms. The van der Waals surface area contributed by atoms with Gasteiger partial charge in [0.1, 0.15) is 11.4 Å². The van der Waals surface area contributed by atoms with E-state index in [0.717, 1.165) is 24.4 Å². The van der Waals surface area contributed by atoms with Crippen molar-refractivity contribution in [1.82, 2.24) is 20.0 Å². The van der Waals surface area contributed by atoms with Gasteiger partial charge in [0.05, 0.1) is 6.20 Å². The molecule has 1 atom stereocenters. The van der Waals surface area contributed by atoms with Crippen LogP contribution in [0.3, 0.4) is 0 Å². The molecule has 1 amide bonds. The van der Waals surface area contributed by atoms with Crippen LogP contribution in [0.1, 0.15) is 41.8 Å². The summed E-state index contributed by atoms with van der Waals surface area (Å²) in [6.45, 7) is 4.58. The van der Waals surface area contributed by atoms with Gasteiger partial charge in [0.15, 0.2) is 5.82 Å². The summed E-state index contributed by atoms with van der Waals surface area (Å²) in [5.41, 5.74) is 0.330. The lowest BCUT2D eigenvalue weighted by Gasteiger charge is -2.33. The number of aryl methyl sites for hydroxylation is 1. The third-order valence-corrected chi connectivity index (χ3v) is 4.13. The lowest BCUT2D eigenvalue weighted by atomic mass is 9.97. The van der Waals surface area contributed by atoms with E-state index >= 15 is 0 Å². The van der Waals surface area contributed by atoms with E-state index in [1.807, 2.05) is 27.0 Å². The molecule has 3 rings (SSSR count). The van der Waals surface area contributed by atoms with Crippen molar-refractivity contribution in [3.05, 3.63) is 35.6 Å². The quantitative estimate of drug-likeness (QED) is 0.933. The molecule has 3 heterocycles. The van der Waals surface area contributed by atoms with E-state index < -0.39 is 5.54 Å². The number of carbonyl (C=O) groups is 1. The molecule has 2 aromatic heterocycles. The van der Waals surface area contributed by atoms with E-state index in [1.165, 1.54) is 6.20 Å². The van der Waals surface area contributed by atoms with Crippen molar-refractivity contribution in [2.24, 2.45) is 0 Å². The molecule has 1 aliphatic rings. The molecule has 1 fully saturated rings.